The largest absolute Gasteiger partial charge is 0.480 e. The molecule has 6 rings (SSSR count). The first-order chi connectivity index (χ1) is 39.0. The highest BCUT2D eigenvalue weighted by Gasteiger charge is 2.52. The Balaban J connectivity index is 0.000000303. The Kier molecular flexibility index (Phi) is 23.7. The van der Waals surface area contributed by atoms with E-state index >= 15 is 0 Å². The molecule has 25 heteroatoms. The maximum atomic E-state index is 13.8. The Morgan fingerprint density at radius 2 is 0.976 bits per heavy atom. The van der Waals surface area contributed by atoms with Crippen LogP contribution in [0.5, 0.6) is 0 Å². The molecule has 2 aromatic heterocycles. The second-order valence-corrected chi connectivity index (χ2v) is 27.3. The summed E-state index contributed by atoms with van der Waals surface area (Å²) in [5.74, 6) is -2.09. The Morgan fingerprint density at radius 1 is 0.565 bits per heavy atom. The molecule has 7 amide bonds. The van der Waals surface area contributed by atoms with Gasteiger partial charge >= 0.3 is 30.3 Å². The van der Waals surface area contributed by atoms with E-state index in [9.17, 15) is 38.4 Å². The number of hydrogen-bond donors (Lipinski definition) is 6. The molecule has 4 heterocycles. The molecule has 2 fully saturated rings. The summed E-state index contributed by atoms with van der Waals surface area (Å²) in [5.41, 5.74) is 0.848. The predicted molar refractivity (Wildman–Crippen MR) is 328 cm³/mol. The van der Waals surface area contributed by atoms with Crippen LogP contribution in [0.15, 0.2) is 69.6 Å². The third-order valence-electron chi connectivity index (χ3n) is 12.8. The van der Waals surface area contributed by atoms with Crippen LogP contribution < -0.4 is 26.7 Å². The quantitative estimate of drug-likeness (QED) is 0.0805. The van der Waals surface area contributed by atoms with Crippen molar-refractivity contribution in [3.05, 3.63) is 81.0 Å². The third kappa shape index (κ3) is 21.6. The van der Waals surface area contributed by atoms with Crippen LogP contribution in [0.1, 0.15) is 174 Å². The van der Waals surface area contributed by atoms with Crippen LogP contribution in [0, 0.1) is 0 Å². The topological polar surface area (TPSA) is 289 Å². The average Bonchev–Trinajstić information content (AvgIpc) is 1.03. The molecule has 2 aromatic carbocycles. The fourth-order valence-corrected chi connectivity index (χ4v) is 9.25. The number of halogens is 2. The molecule has 85 heavy (non-hydrogen) atoms. The van der Waals surface area contributed by atoms with Crippen molar-refractivity contribution in [2.24, 2.45) is 0 Å². The predicted octanol–water partition coefficient (Wildman–Crippen LogP) is 11.1. The van der Waals surface area contributed by atoms with Crippen LogP contribution in [-0.4, -0.2) is 137 Å². The molecule has 4 aromatic rings. The number of ether oxygens (including phenoxy) is 4. The molecule has 23 nitrogen and oxygen atoms in total. The Labute approximate surface area is 515 Å². The lowest BCUT2D eigenvalue weighted by Crippen LogP contribution is -2.69. The van der Waals surface area contributed by atoms with Gasteiger partial charge in [-0.2, -0.15) is 5.01 Å². The molecule has 0 bridgehead atoms. The summed E-state index contributed by atoms with van der Waals surface area (Å²) in [6.07, 6.45) is -0.868. The van der Waals surface area contributed by atoms with Gasteiger partial charge in [0.05, 0.1) is 34.5 Å². The second-order valence-electron chi connectivity index (χ2n) is 25.4. The highest BCUT2D eigenvalue weighted by atomic mass is 79.9. The number of aromatic nitrogens is 2. The third-order valence-corrected chi connectivity index (χ3v) is 13.7. The van der Waals surface area contributed by atoms with Crippen molar-refractivity contribution in [3.8, 4) is 0 Å². The van der Waals surface area contributed by atoms with Gasteiger partial charge in [-0.25, -0.2) is 29.6 Å². The number of fused-ring (bicyclic) bond motifs is 2. The van der Waals surface area contributed by atoms with E-state index in [0.717, 1.165) is 41.5 Å². The minimum absolute atomic E-state index is 0.216. The molecule has 0 spiro atoms. The summed E-state index contributed by atoms with van der Waals surface area (Å²) < 4.78 is 23.1. The number of carbonyl (C=O) groups excluding carboxylic acids is 7. The van der Waals surface area contributed by atoms with E-state index < -0.39 is 87.9 Å². The summed E-state index contributed by atoms with van der Waals surface area (Å²) in [4.78, 5) is 109. The minimum atomic E-state index is -1.40. The van der Waals surface area contributed by atoms with Crippen molar-refractivity contribution in [2.45, 2.75) is 208 Å². The van der Waals surface area contributed by atoms with Crippen molar-refractivity contribution in [1.29, 1.82) is 0 Å². The highest BCUT2D eigenvalue weighted by Crippen LogP contribution is 2.34. The standard InChI is InChI=1S/C27H37BrN4O5.C25H34BrN5O4.C8H15NO4/c1-17(20-13-11-18-10-12-19(28)16-21(18)30-20)29-22(33)27(8)14-9-15-31(23(34)36-25(2,3)4)32(27)24(35)37-26(5,6)7;1-15(19-11-9-17-8-10-18(26)14-20(17)29-19)27-22(33)25(6)12-7-13-31(30-25)21(32)16(2)28-23(34)35-24(3,4)5;1-5(6(10)11)9-7(12)13-8(2,3)4/h10-13,16-17H,9,14-15H2,1-8H3,(H,29,33);8-11,14-16,30H,7,12-13H2,1-6H3,(H,27,33)(H,28,34);5H,1-4H3,(H,9,12)(H,10,11)/t17-,27?;15-,16+,25?;5-/m110/s1. The molecular formula is C60H86Br2N10O13. The number of alkyl carbamates (subject to hydrolysis) is 2. The number of pyridine rings is 2. The van der Waals surface area contributed by atoms with E-state index in [1.165, 1.54) is 16.9 Å². The SMILES string of the molecule is C[C@@H](NC(=O)C1(C)CCCN(C(=O)OC(C)(C)C)N1C(=O)OC(C)(C)C)c1ccc2ccc(Br)cc2n1.C[C@H](NC(=O)OC(C)(C)C)C(=O)N1CCCC(C)(C(=O)N[C@H](C)c2ccc3ccc(Br)cc3n2)N1.C[C@H](NC(=O)OC(C)(C)C)C(=O)O. The van der Waals surface area contributed by atoms with E-state index in [4.69, 9.17) is 34.0 Å². The van der Waals surface area contributed by atoms with Crippen molar-refractivity contribution >= 4 is 102 Å². The highest BCUT2D eigenvalue weighted by molar-refractivity contribution is 9.10. The maximum absolute atomic E-state index is 13.8. The first-order valence-corrected chi connectivity index (χ1v) is 29.7. The first-order valence-electron chi connectivity index (χ1n) is 28.1. The number of hydrogen-bond acceptors (Lipinski definition) is 15. The number of benzene rings is 2. The van der Waals surface area contributed by atoms with Crippen LogP contribution in [0.2, 0.25) is 0 Å². The molecule has 2 unspecified atom stereocenters. The normalized spacial score (nSPS) is 18.8. The number of carboxylic acid groups (broad SMARTS) is 1. The summed E-state index contributed by atoms with van der Waals surface area (Å²) in [5, 5.41) is 24.9. The number of amides is 7. The lowest BCUT2D eigenvalue weighted by atomic mass is 9.91. The van der Waals surface area contributed by atoms with Gasteiger partial charge in [-0.1, -0.05) is 56.1 Å². The van der Waals surface area contributed by atoms with Gasteiger partial charge in [-0.15, -0.1) is 0 Å². The fraction of sp³-hybridized carbons (Fsp3) is 0.567. The van der Waals surface area contributed by atoms with E-state index in [1.807, 2.05) is 74.5 Å². The van der Waals surface area contributed by atoms with E-state index in [0.29, 0.717) is 37.9 Å². The lowest BCUT2D eigenvalue weighted by Gasteiger charge is -2.49. The number of nitrogens with zero attached hydrogens (tertiary/aromatic N) is 5. The summed E-state index contributed by atoms with van der Waals surface area (Å²) in [7, 11) is 0. The molecule has 2 aliphatic heterocycles. The number of carboxylic acids is 1. The van der Waals surface area contributed by atoms with Gasteiger partial charge < -0.3 is 45.3 Å². The first kappa shape index (κ1) is 70.6. The Morgan fingerprint density at radius 3 is 1.42 bits per heavy atom. The Bertz CT molecular complexity index is 3080. The second kappa shape index (κ2) is 28.6. The van der Waals surface area contributed by atoms with E-state index in [2.05, 4.69) is 58.6 Å². The molecular weight excluding hydrogens is 1230 g/mol. The van der Waals surface area contributed by atoms with Gasteiger partial charge in [0.25, 0.3) is 5.91 Å². The number of hydrazine groups is 2. The van der Waals surface area contributed by atoms with Crippen LogP contribution >= 0.6 is 31.9 Å². The minimum Gasteiger partial charge on any atom is -0.480 e. The van der Waals surface area contributed by atoms with Crippen molar-refractivity contribution in [1.82, 2.24) is 51.7 Å². The number of aliphatic carboxylic acids is 1. The summed E-state index contributed by atoms with van der Waals surface area (Å²) in [6, 6.07) is 16.9. The zero-order valence-corrected chi connectivity index (χ0v) is 55.3. The van der Waals surface area contributed by atoms with Crippen molar-refractivity contribution in [3.63, 3.8) is 0 Å². The van der Waals surface area contributed by atoms with E-state index in [-0.39, 0.29) is 24.4 Å². The molecule has 0 saturated carbocycles. The van der Waals surface area contributed by atoms with Crippen LogP contribution in [-0.2, 0) is 38.1 Å². The molecule has 0 radical (unpaired) electrons. The van der Waals surface area contributed by atoms with E-state index in [1.54, 1.807) is 104 Å². The smallest absolute Gasteiger partial charge is 0.430 e. The molecule has 6 atom stereocenters. The molecule has 468 valence electrons. The summed E-state index contributed by atoms with van der Waals surface area (Å²) >= 11 is 6.93. The monoisotopic (exact) mass is 1310 g/mol. The van der Waals surface area contributed by atoms with Crippen molar-refractivity contribution in [2.75, 3.05) is 13.1 Å². The van der Waals surface area contributed by atoms with Crippen LogP contribution in [0.4, 0.5) is 19.2 Å². The van der Waals surface area contributed by atoms with Crippen molar-refractivity contribution < 1.29 is 62.4 Å². The summed E-state index contributed by atoms with van der Waals surface area (Å²) in [6.45, 7) is 31.5. The Hall–Kier alpha value is -6.86. The maximum Gasteiger partial charge on any atom is 0.430 e. The zero-order valence-electron chi connectivity index (χ0n) is 52.2. The molecule has 2 aliphatic rings. The zero-order chi connectivity index (χ0) is 64.4. The van der Waals surface area contributed by atoms with Crippen LogP contribution in [0.3, 0.4) is 0 Å². The fourth-order valence-electron chi connectivity index (χ4n) is 8.55. The van der Waals surface area contributed by atoms with Gasteiger partial charge in [-0.3, -0.25) is 34.2 Å². The molecule has 6 N–H and O–H groups in total. The van der Waals surface area contributed by atoms with Gasteiger partial charge in [0.2, 0.25) is 11.8 Å². The van der Waals surface area contributed by atoms with Gasteiger partial charge in [0, 0.05) is 32.8 Å². The van der Waals surface area contributed by atoms with Gasteiger partial charge in [-0.05, 0) is 187 Å². The number of rotatable bonds is 10. The molecule has 0 aliphatic carbocycles. The number of nitrogens with one attached hydrogen (secondary N) is 5. The lowest BCUT2D eigenvalue weighted by molar-refractivity contribution is -0.156. The molecule has 2 saturated heterocycles. The van der Waals surface area contributed by atoms with Gasteiger partial charge in [0.15, 0.2) is 0 Å². The number of carbonyl (C=O) groups is 8. The average molecular weight is 1320 g/mol. The van der Waals surface area contributed by atoms with Crippen LogP contribution in [0.25, 0.3) is 21.8 Å². The van der Waals surface area contributed by atoms with Gasteiger partial charge in [0.1, 0.15) is 45.6 Å².